The number of benzene rings is 3. The first-order valence-electron chi connectivity index (χ1n) is 10.5. The third-order valence-electron chi connectivity index (χ3n) is 5.02. The first-order chi connectivity index (χ1) is 16.7. The number of carbonyl (C=O) groups is 1. The van der Waals surface area contributed by atoms with Gasteiger partial charge in [-0.15, -0.1) is 0 Å². The molecular weight excluding hydrogens is 459 g/mol. The largest absolute Gasteiger partial charge is 0.493 e. The van der Waals surface area contributed by atoms with Crippen molar-refractivity contribution in [3.05, 3.63) is 95.2 Å². The molecule has 0 fully saturated rings. The molecule has 5 nitrogen and oxygen atoms in total. The van der Waals surface area contributed by atoms with E-state index in [1.54, 1.807) is 21.3 Å². The van der Waals surface area contributed by atoms with E-state index in [4.69, 9.17) is 14.2 Å². The molecular formula is C27H24F3NO4. The van der Waals surface area contributed by atoms with E-state index in [9.17, 15) is 18.0 Å². The van der Waals surface area contributed by atoms with E-state index < -0.39 is 17.5 Å². The highest BCUT2D eigenvalue weighted by Gasteiger charge is 2.30. The van der Waals surface area contributed by atoms with Gasteiger partial charge >= 0.3 is 6.18 Å². The predicted octanol–water partition coefficient (Wildman–Crippen LogP) is 6.71. The van der Waals surface area contributed by atoms with Crippen molar-refractivity contribution in [3.8, 4) is 17.2 Å². The van der Waals surface area contributed by atoms with Crippen LogP contribution in [0.3, 0.4) is 0 Å². The summed E-state index contributed by atoms with van der Waals surface area (Å²) in [5.74, 6) is 1.19. The number of ether oxygens (including phenoxy) is 3. The minimum atomic E-state index is -4.44. The Bertz CT molecular complexity index is 1210. The highest BCUT2D eigenvalue weighted by atomic mass is 19.4. The van der Waals surface area contributed by atoms with Gasteiger partial charge in [-0.3, -0.25) is 4.79 Å². The molecule has 35 heavy (non-hydrogen) atoms. The number of alkyl halides is 3. The van der Waals surface area contributed by atoms with Crippen molar-refractivity contribution in [2.24, 2.45) is 0 Å². The number of hydrogen-bond donors (Lipinski definition) is 1. The quantitative estimate of drug-likeness (QED) is 0.208. The SMILES string of the molecule is COc1cc(C=Cc2cccc(N/C=C\C(=O)c3ccc(C(F)(F)F)cc3)c2)cc(OC)c1OC. The summed E-state index contributed by atoms with van der Waals surface area (Å²) in [4.78, 5) is 12.2. The second-order valence-electron chi connectivity index (χ2n) is 7.33. The first-order valence-corrected chi connectivity index (χ1v) is 10.5. The number of anilines is 1. The highest BCUT2D eigenvalue weighted by Crippen LogP contribution is 2.38. The average Bonchev–Trinajstić information content (AvgIpc) is 2.86. The smallest absolute Gasteiger partial charge is 0.416 e. The van der Waals surface area contributed by atoms with Crippen LogP contribution < -0.4 is 19.5 Å². The number of allylic oxidation sites excluding steroid dienone is 1. The van der Waals surface area contributed by atoms with Crippen molar-refractivity contribution in [1.29, 1.82) is 0 Å². The summed E-state index contributed by atoms with van der Waals surface area (Å²) in [7, 11) is 4.64. The van der Waals surface area contributed by atoms with Crippen LogP contribution in [0.5, 0.6) is 17.2 Å². The average molecular weight is 483 g/mol. The second-order valence-corrected chi connectivity index (χ2v) is 7.33. The third kappa shape index (κ3) is 6.66. The zero-order valence-electron chi connectivity index (χ0n) is 19.3. The van der Waals surface area contributed by atoms with Crippen molar-refractivity contribution in [3.63, 3.8) is 0 Å². The molecule has 0 heterocycles. The number of ketones is 1. The summed E-state index contributed by atoms with van der Waals surface area (Å²) in [6, 6.07) is 15.2. The van der Waals surface area contributed by atoms with Crippen LogP contribution in [0, 0.1) is 0 Å². The molecule has 0 aliphatic heterocycles. The van der Waals surface area contributed by atoms with Crippen LogP contribution in [-0.4, -0.2) is 27.1 Å². The molecule has 0 amide bonds. The lowest BCUT2D eigenvalue weighted by Crippen LogP contribution is -2.05. The lowest BCUT2D eigenvalue weighted by atomic mass is 10.1. The maximum atomic E-state index is 12.7. The van der Waals surface area contributed by atoms with Gasteiger partial charge in [-0.2, -0.15) is 13.2 Å². The van der Waals surface area contributed by atoms with Crippen molar-refractivity contribution in [1.82, 2.24) is 0 Å². The number of carbonyl (C=O) groups excluding carboxylic acids is 1. The summed E-state index contributed by atoms with van der Waals surface area (Å²) < 4.78 is 54.1. The van der Waals surface area contributed by atoms with Gasteiger partial charge in [0.25, 0.3) is 0 Å². The maximum absolute atomic E-state index is 12.7. The zero-order chi connectivity index (χ0) is 25.4. The van der Waals surface area contributed by atoms with Gasteiger partial charge in [0, 0.05) is 23.5 Å². The fourth-order valence-corrected chi connectivity index (χ4v) is 3.26. The molecule has 0 radical (unpaired) electrons. The van der Waals surface area contributed by atoms with E-state index in [0.717, 1.165) is 41.1 Å². The number of hydrogen-bond acceptors (Lipinski definition) is 5. The Morgan fingerprint density at radius 1 is 0.829 bits per heavy atom. The van der Waals surface area contributed by atoms with Crippen LogP contribution in [0.2, 0.25) is 0 Å². The fraction of sp³-hybridized carbons (Fsp3) is 0.148. The minimum absolute atomic E-state index is 0.165. The van der Waals surface area contributed by atoms with E-state index in [1.165, 1.54) is 12.3 Å². The Balaban J connectivity index is 1.68. The molecule has 182 valence electrons. The van der Waals surface area contributed by atoms with Gasteiger partial charge in [0.15, 0.2) is 17.3 Å². The summed E-state index contributed by atoms with van der Waals surface area (Å²) >= 11 is 0. The van der Waals surface area contributed by atoms with Crippen molar-refractivity contribution >= 4 is 23.6 Å². The molecule has 0 saturated heterocycles. The standard InChI is InChI=1S/C27H24F3NO4/c1-33-24-16-19(17-25(34-2)26(24)35-3)8-7-18-5-4-6-22(15-18)31-14-13-23(32)20-9-11-21(12-10-20)27(28,29)30/h4-17,31H,1-3H3/b8-7?,14-13-. The van der Waals surface area contributed by atoms with E-state index >= 15 is 0 Å². The molecule has 0 aliphatic carbocycles. The van der Waals surface area contributed by atoms with E-state index in [0.29, 0.717) is 17.2 Å². The summed E-state index contributed by atoms with van der Waals surface area (Å²) in [6.45, 7) is 0. The van der Waals surface area contributed by atoms with Crippen molar-refractivity contribution in [2.45, 2.75) is 6.18 Å². The van der Waals surface area contributed by atoms with Gasteiger partial charge < -0.3 is 19.5 Å². The Morgan fingerprint density at radius 3 is 2.03 bits per heavy atom. The van der Waals surface area contributed by atoms with Gasteiger partial charge in [0.2, 0.25) is 5.75 Å². The first kappa shape index (κ1) is 25.4. The van der Waals surface area contributed by atoms with Gasteiger partial charge in [0.1, 0.15) is 0 Å². The number of rotatable bonds is 9. The third-order valence-corrected chi connectivity index (χ3v) is 5.02. The zero-order valence-corrected chi connectivity index (χ0v) is 19.3. The molecule has 1 N–H and O–H groups in total. The molecule has 0 aliphatic rings. The summed E-state index contributed by atoms with van der Waals surface area (Å²) in [5.41, 5.74) is 1.84. The molecule has 3 aromatic carbocycles. The fourth-order valence-electron chi connectivity index (χ4n) is 3.26. The lowest BCUT2D eigenvalue weighted by Gasteiger charge is -2.12. The molecule has 0 unspecified atom stereocenters. The molecule has 3 rings (SSSR count). The molecule has 0 aromatic heterocycles. The van der Waals surface area contributed by atoms with Crippen LogP contribution in [0.25, 0.3) is 12.2 Å². The van der Waals surface area contributed by atoms with Gasteiger partial charge in [0.05, 0.1) is 26.9 Å². The Kier molecular flexibility index (Phi) is 8.20. The minimum Gasteiger partial charge on any atom is -0.493 e. The maximum Gasteiger partial charge on any atom is 0.416 e. The van der Waals surface area contributed by atoms with Crippen molar-refractivity contribution < 1.29 is 32.2 Å². The van der Waals surface area contributed by atoms with Crippen molar-refractivity contribution in [2.75, 3.05) is 26.6 Å². The van der Waals surface area contributed by atoms with E-state index in [2.05, 4.69) is 5.32 Å². The molecule has 8 heteroatoms. The van der Waals surface area contributed by atoms with Crippen LogP contribution in [-0.2, 0) is 6.18 Å². The predicted molar refractivity (Wildman–Crippen MR) is 130 cm³/mol. The van der Waals surface area contributed by atoms with Crippen LogP contribution in [0.15, 0.2) is 72.9 Å². The van der Waals surface area contributed by atoms with Crippen LogP contribution in [0.1, 0.15) is 27.0 Å². The monoisotopic (exact) mass is 483 g/mol. The Hall–Kier alpha value is -4.20. The molecule has 0 bridgehead atoms. The van der Waals surface area contributed by atoms with Crippen LogP contribution in [0.4, 0.5) is 18.9 Å². The number of halogens is 3. The molecule has 0 saturated carbocycles. The highest BCUT2D eigenvalue weighted by molar-refractivity contribution is 6.04. The van der Waals surface area contributed by atoms with Gasteiger partial charge in [-0.05, 0) is 47.5 Å². The van der Waals surface area contributed by atoms with Gasteiger partial charge in [-0.25, -0.2) is 0 Å². The molecule has 0 spiro atoms. The second kappa shape index (κ2) is 11.3. The molecule has 3 aromatic rings. The molecule has 0 atom stereocenters. The number of methoxy groups -OCH3 is 3. The summed E-state index contributed by atoms with van der Waals surface area (Å²) in [5, 5.41) is 3.00. The van der Waals surface area contributed by atoms with E-state index in [1.807, 2.05) is 48.6 Å². The normalized spacial score (nSPS) is 11.6. The topological polar surface area (TPSA) is 56.8 Å². The van der Waals surface area contributed by atoms with E-state index in [-0.39, 0.29) is 5.56 Å². The number of nitrogens with one attached hydrogen (secondary N) is 1. The Labute approximate surface area is 201 Å². The lowest BCUT2D eigenvalue weighted by molar-refractivity contribution is -0.137. The Morgan fingerprint density at radius 2 is 1.46 bits per heavy atom. The van der Waals surface area contributed by atoms with Gasteiger partial charge in [-0.1, -0.05) is 36.4 Å². The van der Waals surface area contributed by atoms with Crippen LogP contribution >= 0.6 is 0 Å². The summed E-state index contributed by atoms with van der Waals surface area (Å²) in [6.07, 6.45) is 2.07.